The van der Waals surface area contributed by atoms with Crippen molar-refractivity contribution in [3.63, 3.8) is 0 Å². The quantitative estimate of drug-likeness (QED) is 0.789. The van der Waals surface area contributed by atoms with Gasteiger partial charge in [-0.25, -0.2) is 22.2 Å². The highest BCUT2D eigenvalue weighted by molar-refractivity contribution is 9.10. The molecule has 0 aromatic carbocycles. The Morgan fingerprint density at radius 1 is 1.43 bits per heavy atom. The fraction of sp³-hybridized carbons (Fsp3) is 0.167. The molecule has 78 valence electrons. The Hall–Kier alpha value is -0.270. The summed E-state index contributed by atoms with van der Waals surface area (Å²) < 4.78 is 46.1. The van der Waals surface area contributed by atoms with Crippen molar-refractivity contribution in [2.75, 3.05) is 0 Å². The van der Waals surface area contributed by atoms with Crippen molar-refractivity contribution in [3.8, 4) is 0 Å². The first-order valence-electron chi connectivity index (χ1n) is 3.21. The SMILES string of the molecule is O=S(=O)(Cl)c1ccc(Br)c(C(F)F)n1. The van der Waals surface area contributed by atoms with Gasteiger partial charge in [-0.1, -0.05) is 0 Å². The molecule has 0 fully saturated rings. The molecule has 0 unspecified atom stereocenters. The van der Waals surface area contributed by atoms with Crippen molar-refractivity contribution in [3.05, 3.63) is 22.3 Å². The maximum atomic E-state index is 12.3. The predicted octanol–water partition coefficient (Wildman–Crippen LogP) is 2.71. The van der Waals surface area contributed by atoms with Crippen LogP contribution in [0.15, 0.2) is 21.6 Å². The number of rotatable bonds is 2. The van der Waals surface area contributed by atoms with Gasteiger partial charge in [-0.15, -0.1) is 0 Å². The Kier molecular flexibility index (Phi) is 3.44. The van der Waals surface area contributed by atoms with E-state index in [0.29, 0.717) is 0 Å². The van der Waals surface area contributed by atoms with E-state index in [4.69, 9.17) is 10.7 Å². The molecule has 0 N–H and O–H groups in total. The molecule has 1 aromatic heterocycles. The normalized spacial score (nSPS) is 12.1. The van der Waals surface area contributed by atoms with Crippen LogP contribution in [0.5, 0.6) is 0 Å². The molecule has 0 aliphatic rings. The summed E-state index contributed by atoms with van der Waals surface area (Å²) in [6.07, 6.45) is -2.86. The first-order chi connectivity index (χ1) is 6.32. The van der Waals surface area contributed by atoms with Crippen LogP contribution >= 0.6 is 26.6 Å². The lowest BCUT2D eigenvalue weighted by Gasteiger charge is -2.03. The summed E-state index contributed by atoms with van der Waals surface area (Å²) in [6.45, 7) is 0. The number of halogens is 4. The van der Waals surface area contributed by atoms with Gasteiger partial charge in [0.25, 0.3) is 15.5 Å². The largest absolute Gasteiger partial charge is 0.281 e. The average molecular weight is 307 g/mol. The van der Waals surface area contributed by atoms with Gasteiger partial charge in [-0.05, 0) is 28.1 Å². The van der Waals surface area contributed by atoms with Crippen LogP contribution in [0.2, 0.25) is 0 Å². The zero-order valence-electron chi connectivity index (χ0n) is 6.42. The lowest BCUT2D eigenvalue weighted by Crippen LogP contribution is -2.00. The van der Waals surface area contributed by atoms with Crippen molar-refractivity contribution in [1.82, 2.24) is 4.98 Å². The minimum Gasteiger partial charge on any atom is -0.233 e. The van der Waals surface area contributed by atoms with Crippen LogP contribution in [0, 0.1) is 0 Å². The van der Waals surface area contributed by atoms with E-state index >= 15 is 0 Å². The smallest absolute Gasteiger partial charge is 0.233 e. The summed E-state index contributed by atoms with van der Waals surface area (Å²) in [5, 5.41) is -0.585. The molecular weight excluding hydrogens is 303 g/mol. The molecule has 0 radical (unpaired) electrons. The minimum absolute atomic E-state index is 0.0385. The van der Waals surface area contributed by atoms with Crippen LogP contribution in [0.3, 0.4) is 0 Å². The summed E-state index contributed by atoms with van der Waals surface area (Å²) >= 11 is 2.82. The van der Waals surface area contributed by atoms with Crippen molar-refractivity contribution >= 4 is 35.7 Å². The Bertz CT molecular complexity index is 451. The molecule has 1 heterocycles. The lowest BCUT2D eigenvalue weighted by molar-refractivity contribution is 0.144. The zero-order chi connectivity index (χ0) is 10.9. The molecular formula is C6H3BrClF2NO2S. The second kappa shape index (κ2) is 4.08. The van der Waals surface area contributed by atoms with Crippen LogP contribution in [-0.2, 0) is 9.05 Å². The van der Waals surface area contributed by atoms with E-state index in [1.165, 1.54) is 0 Å². The number of aromatic nitrogens is 1. The second-order valence-electron chi connectivity index (χ2n) is 2.26. The first kappa shape index (κ1) is 11.8. The highest BCUT2D eigenvalue weighted by atomic mass is 79.9. The summed E-state index contributed by atoms with van der Waals surface area (Å²) in [4.78, 5) is 3.23. The van der Waals surface area contributed by atoms with E-state index in [9.17, 15) is 17.2 Å². The molecule has 8 heteroatoms. The van der Waals surface area contributed by atoms with Crippen molar-refractivity contribution in [2.45, 2.75) is 11.5 Å². The maximum Gasteiger partial charge on any atom is 0.281 e. The van der Waals surface area contributed by atoms with Gasteiger partial charge in [0.15, 0.2) is 5.03 Å². The van der Waals surface area contributed by atoms with Crippen molar-refractivity contribution < 1.29 is 17.2 Å². The van der Waals surface area contributed by atoms with E-state index in [2.05, 4.69) is 20.9 Å². The van der Waals surface area contributed by atoms with Crippen LogP contribution < -0.4 is 0 Å². The predicted molar refractivity (Wildman–Crippen MR) is 49.9 cm³/mol. The van der Waals surface area contributed by atoms with Gasteiger partial charge in [-0.2, -0.15) is 0 Å². The Morgan fingerprint density at radius 3 is 2.43 bits per heavy atom. The maximum absolute atomic E-state index is 12.3. The number of nitrogens with zero attached hydrogens (tertiary/aromatic N) is 1. The van der Waals surface area contributed by atoms with Crippen molar-refractivity contribution in [2.24, 2.45) is 0 Å². The average Bonchev–Trinajstić information content (AvgIpc) is 2.02. The topological polar surface area (TPSA) is 47.0 Å². The van der Waals surface area contributed by atoms with E-state index in [-0.39, 0.29) is 4.47 Å². The van der Waals surface area contributed by atoms with Gasteiger partial charge in [0.1, 0.15) is 5.69 Å². The van der Waals surface area contributed by atoms with E-state index in [1.54, 1.807) is 0 Å². The van der Waals surface area contributed by atoms with Gasteiger partial charge in [-0.3, -0.25) is 0 Å². The van der Waals surface area contributed by atoms with Crippen LogP contribution in [0.1, 0.15) is 12.1 Å². The standard InChI is InChI=1S/C6H3BrClF2NO2S/c7-3-1-2-4(14(8,12)13)11-5(3)6(9)10/h1-2,6H. The van der Waals surface area contributed by atoms with Gasteiger partial charge >= 0.3 is 0 Å². The number of alkyl halides is 2. The molecule has 1 aromatic rings. The molecule has 0 saturated carbocycles. The first-order valence-corrected chi connectivity index (χ1v) is 6.32. The summed E-state index contributed by atoms with van der Waals surface area (Å²) in [6, 6.07) is 2.20. The Morgan fingerprint density at radius 2 is 2.00 bits per heavy atom. The third kappa shape index (κ3) is 2.61. The van der Waals surface area contributed by atoms with Crippen LogP contribution in [-0.4, -0.2) is 13.4 Å². The highest BCUT2D eigenvalue weighted by Gasteiger charge is 2.19. The van der Waals surface area contributed by atoms with E-state index in [1.807, 2.05) is 0 Å². The van der Waals surface area contributed by atoms with E-state index < -0.39 is 26.2 Å². The molecule has 0 atom stereocenters. The van der Waals surface area contributed by atoms with Gasteiger partial charge in [0.2, 0.25) is 0 Å². The number of pyridine rings is 1. The fourth-order valence-corrected chi connectivity index (χ4v) is 1.82. The minimum atomic E-state index is -4.07. The number of hydrogen-bond donors (Lipinski definition) is 0. The summed E-state index contributed by atoms with van der Waals surface area (Å²) in [7, 11) is 0.868. The van der Waals surface area contributed by atoms with Crippen LogP contribution in [0.4, 0.5) is 8.78 Å². The third-order valence-electron chi connectivity index (χ3n) is 1.30. The lowest BCUT2D eigenvalue weighted by atomic mass is 10.4. The monoisotopic (exact) mass is 305 g/mol. The molecule has 0 aliphatic carbocycles. The van der Waals surface area contributed by atoms with Crippen molar-refractivity contribution in [1.29, 1.82) is 0 Å². The van der Waals surface area contributed by atoms with Gasteiger partial charge in [0.05, 0.1) is 0 Å². The summed E-state index contributed by atoms with van der Waals surface area (Å²) in [5.74, 6) is 0. The molecule has 14 heavy (non-hydrogen) atoms. The molecule has 0 amide bonds. The summed E-state index contributed by atoms with van der Waals surface area (Å²) in [5.41, 5.74) is -0.647. The molecule has 1 rings (SSSR count). The third-order valence-corrected chi connectivity index (χ3v) is 3.18. The highest BCUT2D eigenvalue weighted by Crippen LogP contribution is 2.27. The van der Waals surface area contributed by atoms with Gasteiger partial charge in [0, 0.05) is 15.2 Å². The second-order valence-corrected chi connectivity index (χ2v) is 5.62. The van der Waals surface area contributed by atoms with E-state index in [0.717, 1.165) is 12.1 Å². The molecule has 0 aliphatic heterocycles. The molecule has 3 nitrogen and oxygen atoms in total. The molecule has 0 spiro atoms. The molecule has 0 saturated heterocycles. The fourth-order valence-electron chi connectivity index (χ4n) is 0.728. The van der Waals surface area contributed by atoms with Gasteiger partial charge < -0.3 is 0 Å². The van der Waals surface area contributed by atoms with Crippen LogP contribution in [0.25, 0.3) is 0 Å². The zero-order valence-corrected chi connectivity index (χ0v) is 9.57. The molecule has 0 bridgehead atoms. The Balaban J connectivity index is 3.34. The number of hydrogen-bond acceptors (Lipinski definition) is 3. The Labute approximate surface area is 91.6 Å².